The predicted octanol–water partition coefficient (Wildman–Crippen LogP) is 3.44. The summed E-state index contributed by atoms with van der Waals surface area (Å²) in [6.45, 7) is 3.61. The third-order valence-electron chi connectivity index (χ3n) is 3.58. The maximum Gasteiger partial charge on any atom is 0.128 e. The van der Waals surface area contributed by atoms with Crippen molar-refractivity contribution in [2.24, 2.45) is 0 Å². The average molecular weight is 423 g/mol. The molecule has 1 aliphatic rings. The Hall–Kier alpha value is -0.630. The minimum atomic E-state index is -0.176. The van der Waals surface area contributed by atoms with E-state index in [2.05, 4.69) is 32.8 Å². The highest BCUT2D eigenvalue weighted by Crippen LogP contribution is 2.31. The SMILES string of the molecule is Cl.Fc1ccc(I)cc1[C@H](c1ccco1)N1CCNCC1. The zero-order chi connectivity index (χ0) is 13.9. The molecule has 114 valence electrons. The highest BCUT2D eigenvalue weighted by molar-refractivity contribution is 14.1. The van der Waals surface area contributed by atoms with Gasteiger partial charge in [-0.2, -0.15) is 0 Å². The molecule has 21 heavy (non-hydrogen) atoms. The van der Waals surface area contributed by atoms with E-state index in [1.165, 1.54) is 6.07 Å². The van der Waals surface area contributed by atoms with Crippen LogP contribution in [-0.2, 0) is 0 Å². The quantitative estimate of drug-likeness (QED) is 0.768. The Bertz CT molecular complexity index is 573. The van der Waals surface area contributed by atoms with Gasteiger partial charge < -0.3 is 9.73 Å². The number of nitrogens with one attached hydrogen (secondary N) is 1. The second-order valence-corrected chi connectivity index (χ2v) is 6.12. The largest absolute Gasteiger partial charge is 0.467 e. The average Bonchev–Trinajstić information content (AvgIpc) is 2.98. The third kappa shape index (κ3) is 3.77. The van der Waals surface area contributed by atoms with E-state index < -0.39 is 0 Å². The Balaban J connectivity index is 0.00000161. The first-order chi connectivity index (χ1) is 9.75. The molecule has 6 heteroatoms. The zero-order valence-electron chi connectivity index (χ0n) is 11.4. The maximum absolute atomic E-state index is 14.3. The summed E-state index contributed by atoms with van der Waals surface area (Å²) in [5.74, 6) is 0.623. The van der Waals surface area contributed by atoms with Crippen molar-refractivity contribution >= 4 is 35.0 Å². The zero-order valence-corrected chi connectivity index (χ0v) is 14.4. The van der Waals surface area contributed by atoms with Crippen molar-refractivity contribution in [1.29, 1.82) is 0 Å². The van der Waals surface area contributed by atoms with Gasteiger partial charge in [0.25, 0.3) is 0 Å². The van der Waals surface area contributed by atoms with Crippen molar-refractivity contribution in [3.05, 3.63) is 57.3 Å². The lowest BCUT2D eigenvalue weighted by Crippen LogP contribution is -2.45. The summed E-state index contributed by atoms with van der Waals surface area (Å²) in [7, 11) is 0. The van der Waals surface area contributed by atoms with Crippen molar-refractivity contribution in [3.8, 4) is 0 Å². The Labute approximate surface area is 143 Å². The van der Waals surface area contributed by atoms with Crippen molar-refractivity contribution in [3.63, 3.8) is 0 Å². The molecule has 2 aromatic rings. The molecule has 0 radical (unpaired) electrons. The number of nitrogens with zero attached hydrogens (tertiary/aromatic N) is 1. The lowest BCUT2D eigenvalue weighted by Gasteiger charge is -2.34. The molecule has 1 aliphatic heterocycles. The fourth-order valence-corrected chi connectivity index (χ4v) is 3.16. The van der Waals surface area contributed by atoms with E-state index in [0.29, 0.717) is 5.56 Å². The predicted molar refractivity (Wildman–Crippen MR) is 91.4 cm³/mol. The summed E-state index contributed by atoms with van der Waals surface area (Å²) in [5, 5.41) is 3.32. The Morgan fingerprint density at radius 2 is 2.00 bits per heavy atom. The molecule has 0 unspecified atom stereocenters. The van der Waals surface area contributed by atoms with E-state index in [4.69, 9.17) is 4.42 Å². The van der Waals surface area contributed by atoms with Gasteiger partial charge in [-0.15, -0.1) is 12.4 Å². The van der Waals surface area contributed by atoms with Crippen LogP contribution in [0.5, 0.6) is 0 Å². The minimum Gasteiger partial charge on any atom is -0.467 e. The van der Waals surface area contributed by atoms with Gasteiger partial charge in [-0.05, 0) is 52.9 Å². The van der Waals surface area contributed by atoms with Gasteiger partial charge in [0.2, 0.25) is 0 Å². The Morgan fingerprint density at radius 3 is 2.67 bits per heavy atom. The molecule has 0 amide bonds. The fraction of sp³-hybridized carbons (Fsp3) is 0.333. The van der Waals surface area contributed by atoms with Crippen LogP contribution in [0.4, 0.5) is 4.39 Å². The van der Waals surface area contributed by atoms with E-state index in [1.54, 1.807) is 12.3 Å². The normalized spacial score (nSPS) is 17.2. The van der Waals surface area contributed by atoms with Gasteiger partial charge >= 0.3 is 0 Å². The summed E-state index contributed by atoms with van der Waals surface area (Å²) in [6.07, 6.45) is 1.65. The molecular formula is C15H17ClFIN2O. The summed E-state index contributed by atoms with van der Waals surface area (Å²) in [5.41, 5.74) is 0.689. The molecule has 3 nitrogen and oxygen atoms in total. The van der Waals surface area contributed by atoms with Gasteiger partial charge in [-0.3, -0.25) is 4.90 Å². The molecule has 0 bridgehead atoms. The van der Waals surface area contributed by atoms with Crippen LogP contribution in [0.25, 0.3) is 0 Å². The molecule has 1 saturated heterocycles. The van der Waals surface area contributed by atoms with E-state index in [0.717, 1.165) is 35.5 Å². The van der Waals surface area contributed by atoms with Crippen molar-refractivity contribution < 1.29 is 8.81 Å². The first-order valence-electron chi connectivity index (χ1n) is 6.69. The van der Waals surface area contributed by atoms with Crippen LogP contribution in [0.3, 0.4) is 0 Å². The molecule has 3 rings (SSSR count). The van der Waals surface area contributed by atoms with Crippen LogP contribution >= 0.6 is 35.0 Å². The van der Waals surface area contributed by atoms with Gasteiger partial charge in [0.05, 0.1) is 12.3 Å². The number of piperazine rings is 1. The number of rotatable bonds is 3. The first kappa shape index (κ1) is 16.7. The maximum atomic E-state index is 14.3. The summed E-state index contributed by atoms with van der Waals surface area (Å²) >= 11 is 2.22. The topological polar surface area (TPSA) is 28.4 Å². The van der Waals surface area contributed by atoms with Gasteiger partial charge in [0, 0.05) is 35.3 Å². The smallest absolute Gasteiger partial charge is 0.128 e. The lowest BCUT2D eigenvalue weighted by atomic mass is 10.0. The number of halogens is 3. The molecule has 1 atom stereocenters. The number of hydrogen-bond acceptors (Lipinski definition) is 3. The molecule has 2 heterocycles. The lowest BCUT2D eigenvalue weighted by molar-refractivity contribution is 0.177. The van der Waals surface area contributed by atoms with Gasteiger partial charge in [-0.25, -0.2) is 4.39 Å². The number of benzene rings is 1. The van der Waals surface area contributed by atoms with E-state index in [9.17, 15) is 4.39 Å². The van der Waals surface area contributed by atoms with Crippen molar-refractivity contribution in [1.82, 2.24) is 10.2 Å². The van der Waals surface area contributed by atoms with E-state index in [-0.39, 0.29) is 24.3 Å². The molecule has 0 aliphatic carbocycles. The van der Waals surface area contributed by atoms with Crippen LogP contribution in [0.15, 0.2) is 41.0 Å². The number of furan rings is 1. The summed E-state index contributed by atoms with van der Waals surface area (Å²) < 4.78 is 20.9. The molecular weight excluding hydrogens is 406 g/mol. The first-order valence-corrected chi connectivity index (χ1v) is 7.77. The number of hydrogen-bond donors (Lipinski definition) is 1. The summed E-state index contributed by atoms with van der Waals surface area (Å²) in [6, 6.07) is 8.86. The van der Waals surface area contributed by atoms with Gasteiger partial charge in [-0.1, -0.05) is 0 Å². The fourth-order valence-electron chi connectivity index (χ4n) is 2.64. The van der Waals surface area contributed by atoms with Crippen LogP contribution < -0.4 is 5.32 Å². The van der Waals surface area contributed by atoms with Crippen LogP contribution in [0.2, 0.25) is 0 Å². The van der Waals surface area contributed by atoms with Crippen LogP contribution in [0.1, 0.15) is 17.4 Å². The van der Waals surface area contributed by atoms with Crippen molar-refractivity contribution in [2.45, 2.75) is 6.04 Å². The molecule has 1 aromatic carbocycles. The van der Waals surface area contributed by atoms with Crippen LogP contribution in [0, 0.1) is 9.39 Å². The second kappa shape index (κ2) is 7.58. The van der Waals surface area contributed by atoms with E-state index >= 15 is 0 Å². The molecule has 1 aromatic heterocycles. The molecule has 0 spiro atoms. The Morgan fingerprint density at radius 1 is 1.24 bits per heavy atom. The molecule has 1 fully saturated rings. The minimum absolute atomic E-state index is 0. The van der Waals surface area contributed by atoms with Gasteiger partial charge in [0.1, 0.15) is 11.6 Å². The highest BCUT2D eigenvalue weighted by atomic mass is 127. The third-order valence-corrected chi connectivity index (χ3v) is 4.25. The highest BCUT2D eigenvalue weighted by Gasteiger charge is 2.28. The second-order valence-electron chi connectivity index (χ2n) is 4.87. The van der Waals surface area contributed by atoms with E-state index in [1.807, 2.05) is 18.2 Å². The molecule has 0 saturated carbocycles. The Kier molecular flexibility index (Phi) is 6.04. The van der Waals surface area contributed by atoms with Gasteiger partial charge in [0.15, 0.2) is 0 Å². The van der Waals surface area contributed by atoms with Crippen LogP contribution in [-0.4, -0.2) is 31.1 Å². The molecule has 1 N–H and O–H groups in total. The standard InChI is InChI=1S/C15H16FIN2O.ClH/c16-13-4-3-11(17)10-12(13)15(14-2-1-9-20-14)19-7-5-18-6-8-19;/h1-4,9-10,15,18H,5-8H2;1H/t15-;/m1./s1. The summed E-state index contributed by atoms with van der Waals surface area (Å²) in [4.78, 5) is 2.27. The van der Waals surface area contributed by atoms with Crippen molar-refractivity contribution in [2.75, 3.05) is 26.2 Å². The monoisotopic (exact) mass is 422 g/mol.